The Morgan fingerprint density at radius 3 is 2.19 bits per heavy atom. The van der Waals surface area contributed by atoms with Gasteiger partial charge in [-0.3, -0.25) is 24.3 Å². The summed E-state index contributed by atoms with van der Waals surface area (Å²) in [6.45, 7) is 8.83. The van der Waals surface area contributed by atoms with Crippen molar-refractivity contribution in [2.24, 2.45) is 0 Å². The van der Waals surface area contributed by atoms with Crippen LogP contribution in [0.4, 0.5) is 0 Å². The first-order valence-electron chi connectivity index (χ1n) is 12.9. The molecule has 5 rings (SSSR count). The minimum Gasteiger partial charge on any atom is -0.491 e. The lowest BCUT2D eigenvalue weighted by atomic mass is 9.94. The lowest BCUT2D eigenvalue weighted by molar-refractivity contribution is 0.0415. The smallest absolute Gasteiger partial charge is 0.261 e. The number of rotatable bonds is 10. The second-order valence-electron chi connectivity index (χ2n) is 9.68. The van der Waals surface area contributed by atoms with Crippen molar-refractivity contribution in [3.05, 3.63) is 90.0 Å². The summed E-state index contributed by atoms with van der Waals surface area (Å²) in [5, 5.41) is 12.2. The third-order valence-corrected chi connectivity index (χ3v) is 7.20. The molecule has 7 nitrogen and oxygen atoms in total. The highest BCUT2D eigenvalue weighted by Crippen LogP contribution is 2.29. The van der Waals surface area contributed by atoms with Crippen molar-refractivity contribution in [2.45, 2.75) is 12.5 Å². The van der Waals surface area contributed by atoms with Crippen LogP contribution < -0.4 is 4.74 Å². The molecule has 3 aromatic carbocycles. The highest BCUT2D eigenvalue weighted by molar-refractivity contribution is 6.25. The summed E-state index contributed by atoms with van der Waals surface area (Å²) in [6, 6.07) is 19.0. The maximum Gasteiger partial charge on any atom is 0.261 e. The van der Waals surface area contributed by atoms with Gasteiger partial charge in [-0.2, -0.15) is 0 Å². The van der Waals surface area contributed by atoms with E-state index in [9.17, 15) is 14.7 Å². The first-order chi connectivity index (χ1) is 18.0. The van der Waals surface area contributed by atoms with Crippen LogP contribution in [0.25, 0.3) is 10.8 Å². The molecule has 1 saturated heterocycles. The average molecular weight is 500 g/mol. The molecule has 0 radical (unpaired) electrons. The van der Waals surface area contributed by atoms with Gasteiger partial charge < -0.3 is 9.84 Å². The Kier molecular flexibility index (Phi) is 7.65. The van der Waals surface area contributed by atoms with Crippen LogP contribution in [0, 0.1) is 0 Å². The van der Waals surface area contributed by atoms with Crippen LogP contribution in [-0.2, 0) is 6.42 Å². The van der Waals surface area contributed by atoms with Crippen LogP contribution in [0.5, 0.6) is 5.75 Å². The van der Waals surface area contributed by atoms with Gasteiger partial charge in [-0.15, -0.1) is 6.58 Å². The number of nitrogens with zero attached hydrogens (tertiary/aromatic N) is 3. The fourth-order valence-electron chi connectivity index (χ4n) is 5.23. The van der Waals surface area contributed by atoms with Gasteiger partial charge in [-0.1, -0.05) is 48.5 Å². The fraction of sp³-hybridized carbons (Fsp3) is 0.333. The Morgan fingerprint density at radius 2 is 1.51 bits per heavy atom. The summed E-state index contributed by atoms with van der Waals surface area (Å²) in [6.07, 6.45) is 1.98. The molecule has 192 valence electrons. The summed E-state index contributed by atoms with van der Waals surface area (Å²) in [7, 11) is 0. The van der Waals surface area contributed by atoms with Crippen molar-refractivity contribution in [3.8, 4) is 5.75 Å². The van der Waals surface area contributed by atoms with Crippen molar-refractivity contribution >= 4 is 22.6 Å². The summed E-state index contributed by atoms with van der Waals surface area (Å²) < 4.78 is 5.88. The fourth-order valence-corrected chi connectivity index (χ4v) is 5.23. The van der Waals surface area contributed by atoms with Gasteiger partial charge in [-0.05, 0) is 35.6 Å². The molecule has 0 saturated carbocycles. The zero-order valence-corrected chi connectivity index (χ0v) is 21.0. The first kappa shape index (κ1) is 25.1. The van der Waals surface area contributed by atoms with E-state index in [1.54, 1.807) is 12.1 Å². The van der Waals surface area contributed by atoms with Crippen LogP contribution >= 0.6 is 0 Å². The van der Waals surface area contributed by atoms with E-state index in [0.717, 1.165) is 54.7 Å². The van der Waals surface area contributed by atoms with Gasteiger partial charge >= 0.3 is 0 Å². The van der Waals surface area contributed by atoms with E-state index < -0.39 is 6.10 Å². The third-order valence-electron chi connectivity index (χ3n) is 7.20. The number of imide groups is 1. The van der Waals surface area contributed by atoms with Gasteiger partial charge in [0.1, 0.15) is 18.5 Å². The molecule has 0 spiro atoms. The second-order valence-corrected chi connectivity index (χ2v) is 9.68. The first-order valence-corrected chi connectivity index (χ1v) is 12.9. The standard InChI is InChI=1S/C30H33N3O4/c1-2-7-22-8-3-4-13-27(22)37-21-24(34)20-32-16-14-31(15-17-32)18-19-33-29(35)25-11-5-9-23-10-6-12-26(28(23)25)30(33)36/h2-6,8-13,24,34H,1,7,14-21H2/t24-/m1/s1. The quantitative estimate of drug-likeness (QED) is 0.341. The number of β-amino-alcohol motifs (C(OH)–C–C–N with tert-alkyl or cyclic N) is 1. The molecule has 2 heterocycles. The van der Waals surface area contributed by atoms with Gasteiger partial charge in [0.2, 0.25) is 0 Å². The predicted molar refractivity (Wildman–Crippen MR) is 144 cm³/mol. The SMILES string of the molecule is C=CCc1ccccc1OC[C@H](O)CN1CCN(CCN2C(=O)c3cccc4cccc(c34)C2=O)CC1. The molecule has 0 bridgehead atoms. The molecular formula is C30H33N3O4. The number of carbonyl (C=O) groups excluding carboxylic acids is 2. The number of aliphatic hydroxyl groups is 1. The molecule has 0 aliphatic carbocycles. The van der Waals surface area contributed by atoms with Crippen LogP contribution in [0.3, 0.4) is 0 Å². The average Bonchev–Trinajstić information content (AvgIpc) is 2.92. The molecule has 0 unspecified atom stereocenters. The van der Waals surface area contributed by atoms with E-state index in [0.29, 0.717) is 30.8 Å². The molecule has 0 aromatic heterocycles. The van der Waals surface area contributed by atoms with Gasteiger partial charge in [-0.25, -0.2) is 0 Å². The van der Waals surface area contributed by atoms with Crippen LogP contribution in [0.2, 0.25) is 0 Å². The Bertz CT molecular complexity index is 1250. The monoisotopic (exact) mass is 499 g/mol. The summed E-state index contributed by atoms with van der Waals surface area (Å²) >= 11 is 0. The number of piperazine rings is 1. The predicted octanol–water partition coefficient (Wildman–Crippen LogP) is 3.22. The maximum absolute atomic E-state index is 13.1. The normalized spacial score (nSPS) is 17.3. The summed E-state index contributed by atoms with van der Waals surface area (Å²) in [5.74, 6) is 0.350. The van der Waals surface area contributed by atoms with Gasteiger partial charge in [0.15, 0.2) is 0 Å². The van der Waals surface area contributed by atoms with E-state index in [1.165, 1.54) is 4.90 Å². The molecule has 1 N–H and O–H groups in total. The number of amides is 2. The number of para-hydroxylation sites is 1. The van der Waals surface area contributed by atoms with E-state index in [-0.39, 0.29) is 18.4 Å². The van der Waals surface area contributed by atoms with Crippen molar-refractivity contribution < 1.29 is 19.4 Å². The molecule has 3 aromatic rings. The van der Waals surface area contributed by atoms with E-state index in [4.69, 9.17) is 4.74 Å². The Morgan fingerprint density at radius 1 is 0.865 bits per heavy atom. The van der Waals surface area contributed by atoms with Crippen molar-refractivity contribution in [1.29, 1.82) is 0 Å². The molecular weight excluding hydrogens is 466 g/mol. The van der Waals surface area contributed by atoms with Crippen LogP contribution in [0.1, 0.15) is 26.3 Å². The zero-order chi connectivity index (χ0) is 25.8. The number of hydrogen-bond acceptors (Lipinski definition) is 6. The zero-order valence-electron chi connectivity index (χ0n) is 21.0. The van der Waals surface area contributed by atoms with Crippen molar-refractivity contribution in [1.82, 2.24) is 14.7 Å². The molecule has 2 aliphatic rings. The number of hydrogen-bond donors (Lipinski definition) is 1. The number of aliphatic hydroxyl groups excluding tert-OH is 1. The minimum atomic E-state index is -0.588. The topological polar surface area (TPSA) is 73.3 Å². The number of ether oxygens (including phenoxy) is 1. The Hall–Kier alpha value is -3.52. The van der Waals surface area contributed by atoms with E-state index in [2.05, 4.69) is 16.4 Å². The Labute approximate surface area is 217 Å². The van der Waals surface area contributed by atoms with Gasteiger partial charge in [0, 0.05) is 62.3 Å². The van der Waals surface area contributed by atoms with Crippen LogP contribution in [0.15, 0.2) is 73.3 Å². The molecule has 37 heavy (non-hydrogen) atoms. The lowest BCUT2D eigenvalue weighted by Gasteiger charge is -2.36. The van der Waals surface area contributed by atoms with Crippen molar-refractivity contribution in [2.75, 3.05) is 52.4 Å². The van der Waals surface area contributed by atoms with Gasteiger partial charge in [0.05, 0.1) is 0 Å². The van der Waals surface area contributed by atoms with E-state index in [1.807, 2.05) is 54.6 Å². The van der Waals surface area contributed by atoms with E-state index >= 15 is 0 Å². The van der Waals surface area contributed by atoms with Crippen LogP contribution in [-0.4, -0.2) is 90.1 Å². The summed E-state index contributed by atoms with van der Waals surface area (Å²) in [4.78, 5) is 32.1. The Balaban J connectivity index is 1.09. The maximum atomic E-state index is 13.1. The molecule has 2 amide bonds. The highest BCUT2D eigenvalue weighted by atomic mass is 16.5. The molecule has 2 aliphatic heterocycles. The largest absolute Gasteiger partial charge is 0.491 e. The number of carbonyl (C=O) groups is 2. The highest BCUT2D eigenvalue weighted by Gasteiger charge is 2.33. The second kappa shape index (κ2) is 11.3. The summed E-state index contributed by atoms with van der Waals surface area (Å²) in [5.41, 5.74) is 2.26. The minimum absolute atomic E-state index is 0.217. The molecule has 7 heteroatoms. The third kappa shape index (κ3) is 5.44. The lowest BCUT2D eigenvalue weighted by Crippen LogP contribution is -2.51. The number of allylic oxidation sites excluding steroid dienone is 1. The molecule has 1 fully saturated rings. The molecule has 1 atom stereocenters. The van der Waals surface area contributed by atoms with Crippen molar-refractivity contribution in [3.63, 3.8) is 0 Å². The number of benzene rings is 3. The van der Waals surface area contributed by atoms with Gasteiger partial charge in [0.25, 0.3) is 11.8 Å².